The molecule has 6 nitrogen and oxygen atoms in total. The molecule has 1 aromatic carbocycles. The third-order valence-electron chi connectivity index (χ3n) is 4.18. The summed E-state index contributed by atoms with van der Waals surface area (Å²) in [5.41, 5.74) is 2.10. The van der Waals surface area contributed by atoms with Gasteiger partial charge < -0.3 is 14.7 Å². The summed E-state index contributed by atoms with van der Waals surface area (Å²) in [5.74, 6) is 0.962. The van der Waals surface area contributed by atoms with E-state index in [1.54, 1.807) is 6.26 Å². The highest BCUT2D eigenvalue weighted by atomic mass is 127. The van der Waals surface area contributed by atoms with E-state index in [1.165, 1.54) is 0 Å². The number of aromatic nitrogens is 1. The van der Waals surface area contributed by atoms with E-state index in [2.05, 4.69) is 33.3 Å². The number of halogens is 2. The van der Waals surface area contributed by atoms with Crippen LogP contribution in [0, 0.1) is 0 Å². The van der Waals surface area contributed by atoms with Gasteiger partial charge in [-0.2, -0.15) is 0 Å². The number of aliphatic imine (C=N–C) groups is 1. The van der Waals surface area contributed by atoms with Crippen LogP contribution >= 0.6 is 35.6 Å². The highest BCUT2D eigenvalue weighted by Gasteiger charge is 2.20. The van der Waals surface area contributed by atoms with Gasteiger partial charge in [-0.1, -0.05) is 28.9 Å². The third-order valence-corrected chi connectivity index (χ3v) is 4.42. The first-order valence-electron chi connectivity index (χ1n) is 8.64. The molecule has 0 unspecified atom stereocenters. The fourth-order valence-corrected chi connectivity index (χ4v) is 3.11. The van der Waals surface area contributed by atoms with Gasteiger partial charge in [-0.3, -0.25) is 4.90 Å². The summed E-state index contributed by atoms with van der Waals surface area (Å²) in [6.07, 6.45) is 1.62. The lowest BCUT2D eigenvalue weighted by Crippen LogP contribution is -2.52. The summed E-state index contributed by atoms with van der Waals surface area (Å²) in [7, 11) is 0. The van der Waals surface area contributed by atoms with E-state index in [4.69, 9.17) is 21.1 Å². The first-order valence-corrected chi connectivity index (χ1v) is 9.01. The Morgan fingerprint density at radius 3 is 2.73 bits per heavy atom. The Balaban J connectivity index is 0.00000243. The zero-order chi connectivity index (χ0) is 17.5. The molecule has 0 atom stereocenters. The van der Waals surface area contributed by atoms with E-state index in [1.807, 2.05) is 24.3 Å². The Morgan fingerprint density at radius 2 is 2.08 bits per heavy atom. The highest BCUT2D eigenvalue weighted by Crippen LogP contribution is 2.12. The fraction of sp³-hybridized carbons (Fsp3) is 0.444. The normalized spacial score (nSPS) is 15.6. The fourth-order valence-electron chi connectivity index (χ4n) is 2.89. The molecule has 8 heteroatoms. The number of rotatable bonds is 5. The van der Waals surface area contributed by atoms with Crippen molar-refractivity contribution in [1.29, 1.82) is 0 Å². The van der Waals surface area contributed by atoms with Crippen molar-refractivity contribution in [1.82, 2.24) is 20.3 Å². The average Bonchev–Trinajstić information content (AvgIpc) is 3.12. The first-order chi connectivity index (χ1) is 12.2. The smallest absolute Gasteiger partial charge is 0.194 e. The second kappa shape index (κ2) is 10.7. The molecule has 1 aromatic heterocycles. The molecule has 26 heavy (non-hydrogen) atoms. The number of nitrogens with zero attached hydrogens (tertiary/aromatic N) is 4. The molecule has 1 aliphatic heterocycles. The van der Waals surface area contributed by atoms with Gasteiger partial charge in [0.1, 0.15) is 6.26 Å². The second-order valence-corrected chi connectivity index (χ2v) is 6.49. The Hall–Kier alpha value is -1.32. The van der Waals surface area contributed by atoms with Crippen molar-refractivity contribution in [3.8, 4) is 0 Å². The average molecular weight is 490 g/mol. The van der Waals surface area contributed by atoms with Crippen LogP contribution in [-0.4, -0.2) is 53.6 Å². The van der Waals surface area contributed by atoms with Gasteiger partial charge in [0.2, 0.25) is 0 Å². The van der Waals surface area contributed by atoms with Crippen molar-refractivity contribution in [3.05, 3.63) is 52.9 Å². The molecule has 2 heterocycles. The number of piperazine rings is 1. The van der Waals surface area contributed by atoms with Crippen LogP contribution < -0.4 is 5.32 Å². The second-order valence-electron chi connectivity index (χ2n) is 6.05. The van der Waals surface area contributed by atoms with Gasteiger partial charge in [0, 0.05) is 50.4 Å². The number of nitrogens with one attached hydrogen (secondary N) is 1. The van der Waals surface area contributed by atoms with E-state index in [-0.39, 0.29) is 24.0 Å². The Labute approximate surface area is 176 Å². The van der Waals surface area contributed by atoms with Crippen LogP contribution in [0.15, 0.2) is 46.1 Å². The first kappa shape index (κ1) is 21.0. The minimum atomic E-state index is 0. The molecule has 142 valence electrons. The Morgan fingerprint density at radius 1 is 1.27 bits per heavy atom. The SMILES string of the molecule is CCNC(=NCc1cccc(Cl)c1)N1CCN(Cc2ccon2)CC1.I. The van der Waals surface area contributed by atoms with Crippen molar-refractivity contribution < 1.29 is 4.52 Å². The van der Waals surface area contributed by atoms with Crippen LogP contribution in [0.25, 0.3) is 0 Å². The molecule has 1 aliphatic rings. The molecule has 0 saturated carbocycles. The van der Waals surface area contributed by atoms with Crippen molar-refractivity contribution in [2.75, 3.05) is 32.7 Å². The molecular formula is C18H25ClIN5O. The summed E-state index contributed by atoms with van der Waals surface area (Å²) >= 11 is 6.05. The maximum Gasteiger partial charge on any atom is 0.194 e. The molecule has 0 radical (unpaired) electrons. The number of benzene rings is 1. The summed E-state index contributed by atoms with van der Waals surface area (Å²) in [6.45, 7) is 8.26. The zero-order valence-corrected chi connectivity index (χ0v) is 18.0. The topological polar surface area (TPSA) is 56.9 Å². The molecule has 3 rings (SSSR count). The van der Waals surface area contributed by atoms with Gasteiger partial charge in [0.05, 0.1) is 12.2 Å². The van der Waals surface area contributed by atoms with Crippen molar-refractivity contribution in [2.45, 2.75) is 20.0 Å². The minimum absolute atomic E-state index is 0. The van der Waals surface area contributed by atoms with Gasteiger partial charge in [-0.05, 0) is 24.6 Å². The largest absolute Gasteiger partial charge is 0.364 e. The monoisotopic (exact) mass is 489 g/mol. The number of guanidine groups is 1. The van der Waals surface area contributed by atoms with E-state index in [0.717, 1.165) is 61.5 Å². The van der Waals surface area contributed by atoms with E-state index in [9.17, 15) is 0 Å². The van der Waals surface area contributed by atoms with Gasteiger partial charge in [-0.25, -0.2) is 4.99 Å². The maximum atomic E-state index is 6.05. The maximum absolute atomic E-state index is 6.05. The number of hydrogen-bond donors (Lipinski definition) is 1. The van der Waals surface area contributed by atoms with Crippen LogP contribution in [0.3, 0.4) is 0 Å². The summed E-state index contributed by atoms with van der Waals surface area (Å²) in [5, 5.41) is 8.13. The Bertz CT molecular complexity index is 687. The number of hydrogen-bond acceptors (Lipinski definition) is 4. The van der Waals surface area contributed by atoms with Gasteiger partial charge in [0.25, 0.3) is 0 Å². The van der Waals surface area contributed by atoms with Crippen molar-refractivity contribution in [2.24, 2.45) is 4.99 Å². The molecule has 0 bridgehead atoms. The van der Waals surface area contributed by atoms with E-state index in [0.29, 0.717) is 6.54 Å². The van der Waals surface area contributed by atoms with Crippen LogP contribution in [0.1, 0.15) is 18.2 Å². The van der Waals surface area contributed by atoms with Crippen molar-refractivity contribution in [3.63, 3.8) is 0 Å². The minimum Gasteiger partial charge on any atom is -0.364 e. The molecule has 1 fully saturated rings. The van der Waals surface area contributed by atoms with Crippen LogP contribution in [0.4, 0.5) is 0 Å². The van der Waals surface area contributed by atoms with Crippen LogP contribution in [-0.2, 0) is 13.1 Å². The predicted octanol–water partition coefficient (Wildman–Crippen LogP) is 3.23. The summed E-state index contributed by atoms with van der Waals surface area (Å²) in [4.78, 5) is 9.47. The molecule has 1 N–H and O–H groups in total. The lowest BCUT2D eigenvalue weighted by Gasteiger charge is -2.36. The van der Waals surface area contributed by atoms with Gasteiger partial charge in [0.15, 0.2) is 5.96 Å². The molecule has 0 aliphatic carbocycles. The molecule has 1 saturated heterocycles. The summed E-state index contributed by atoms with van der Waals surface area (Å²) in [6, 6.07) is 9.78. The van der Waals surface area contributed by atoms with Crippen LogP contribution in [0.5, 0.6) is 0 Å². The quantitative estimate of drug-likeness (QED) is 0.397. The molecule has 0 amide bonds. The van der Waals surface area contributed by atoms with Gasteiger partial charge >= 0.3 is 0 Å². The Kier molecular flexibility index (Phi) is 8.67. The lowest BCUT2D eigenvalue weighted by atomic mass is 10.2. The third kappa shape index (κ3) is 6.14. The predicted molar refractivity (Wildman–Crippen MR) is 115 cm³/mol. The standard InChI is InChI=1S/C18H24ClN5O.HI/c1-2-20-18(21-13-15-4-3-5-16(19)12-15)24-9-7-23(8-10-24)14-17-6-11-25-22-17;/h3-6,11-12H,2,7-10,13-14H2,1H3,(H,20,21);1H. The van der Waals surface area contributed by atoms with Gasteiger partial charge in [-0.15, -0.1) is 24.0 Å². The van der Waals surface area contributed by atoms with Crippen LogP contribution in [0.2, 0.25) is 5.02 Å². The van der Waals surface area contributed by atoms with E-state index < -0.39 is 0 Å². The van der Waals surface area contributed by atoms with E-state index >= 15 is 0 Å². The zero-order valence-electron chi connectivity index (χ0n) is 14.9. The molecule has 2 aromatic rings. The summed E-state index contributed by atoms with van der Waals surface area (Å²) < 4.78 is 4.90. The lowest BCUT2D eigenvalue weighted by molar-refractivity contribution is 0.169. The molecular weight excluding hydrogens is 465 g/mol. The van der Waals surface area contributed by atoms with Crippen molar-refractivity contribution >= 4 is 41.5 Å². The highest BCUT2D eigenvalue weighted by molar-refractivity contribution is 14.0. The molecule has 0 spiro atoms.